The Hall–Kier alpha value is -4.06. The summed E-state index contributed by atoms with van der Waals surface area (Å²) >= 11 is 0. The first kappa shape index (κ1) is 26.2. The Morgan fingerprint density at radius 1 is 0.975 bits per heavy atom. The van der Waals surface area contributed by atoms with Crippen molar-refractivity contribution in [2.45, 2.75) is 58.1 Å². The number of aromatic nitrogens is 1. The molecule has 4 aromatic rings. The van der Waals surface area contributed by atoms with Gasteiger partial charge in [-0.3, -0.25) is 9.69 Å². The highest BCUT2D eigenvalue weighted by Crippen LogP contribution is 2.54. The number of anilines is 2. The lowest BCUT2D eigenvalue weighted by atomic mass is 9.71. The third kappa shape index (κ3) is 4.00. The first-order valence-electron chi connectivity index (χ1n) is 14.1. The van der Waals surface area contributed by atoms with Crippen LogP contribution in [0.3, 0.4) is 0 Å². The van der Waals surface area contributed by atoms with Gasteiger partial charge in [-0.05, 0) is 85.5 Å². The summed E-state index contributed by atoms with van der Waals surface area (Å²) in [5.74, 6) is 0.0730. The number of hydrogen-bond acceptors (Lipinski definition) is 3. The van der Waals surface area contributed by atoms with E-state index in [2.05, 4.69) is 74.1 Å². The van der Waals surface area contributed by atoms with Crippen molar-refractivity contribution in [3.05, 3.63) is 84.6 Å². The van der Waals surface area contributed by atoms with Crippen molar-refractivity contribution in [3.63, 3.8) is 0 Å². The van der Waals surface area contributed by atoms with Crippen molar-refractivity contribution in [2.24, 2.45) is 13.0 Å². The maximum atomic E-state index is 14.7. The summed E-state index contributed by atoms with van der Waals surface area (Å²) < 4.78 is 7.92. The van der Waals surface area contributed by atoms with Crippen molar-refractivity contribution >= 4 is 34.3 Å². The van der Waals surface area contributed by atoms with Crippen LogP contribution in [0.15, 0.2) is 79.0 Å². The molecule has 0 radical (unpaired) electrons. The van der Waals surface area contributed by atoms with E-state index in [1.807, 2.05) is 56.0 Å². The van der Waals surface area contributed by atoms with Gasteiger partial charge in [-0.15, -0.1) is 0 Å². The Kier molecular flexibility index (Phi) is 6.06. The molecule has 2 aliphatic heterocycles. The van der Waals surface area contributed by atoms with E-state index in [4.69, 9.17) is 4.74 Å². The number of carbonyl (C=O) groups is 2. The van der Waals surface area contributed by atoms with Crippen LogP contribution < -0.4 is 4.90 Å². The zero-order valence-electron chi connectivity index (χ0n) is 24.1. The van der Waals surface area contributed by atoms with Crippen LogP contribution in [0.2, 0.25) is 0 Å². The molecule has 3 heterocycles. The molecule has 6 rings (SSSR count). The number of rotatable bonds is 3. The van der Waals surface area contributed by atoms with Crippen molar-refractivity contribution in [1.82, 2.24) is 9.47 Å². The van der Waals surface area contributed by atoms with Gasteiger partial charge in [0.25, 0.3) is 0 Å². The molecule has 6 heteroatoms. The van der Waals surface area contributed by atoms with Gasteiger partial charge in [-0.2, -0.15) is 0 Å². The van der Waals surface area contributed by atoms with Crippen LogP contribution in [-0.4, -0.2) is 39.7 Å². The van der Waals surface area contributed by atoms with Crippen LogP contribution in [0.4, 0.5) is 16.2 Å². The number of fused-ring (bicyclic) bond motifs is 3. The lowest BCUT2D eigenvalue weighted by Gasteiger charge is -2.37. The van der Waals surface area contributed by atoms with Crippen LogP contribution in [0, 0.1) is 5.92 Å². The molecule has 0 bridgehead atoms. The molecule has 1 saturated heterocycles. The molecule has 0 N–H and O–H groups in total. The first-order valence-corrected chi connectivity index (χ1v) is 14.1. The Bertz CT molecular complexity index is 1630. The minimum atomic E-state index is -0.834. The minimum absolute atomic E-state index is 0.0218. The second kappa shape index (κ2) is 9.26. The monoisotopic (exact) mass is 535 g/mol. The van der Waals surface area contributed by atoms with E-state index in [-0.39, 0.29) is 24.0 Å². The summed E-state index contributed by atoms with van der Waals surface area (Å²) in [4.78, 5) is 31.8. The summed E-state index contributed by atoms with van der Waals surface area (Å²) in [5, 5.41) is 1.20. The van der Waals surface area contributed by atoms with E-state index in [1.165, 1.54) is 5.39 Å². The number of aryl methyl sites for hydroxylation is 1. The molecule has 1 unspecified atom stereocenters. The fourth-order valence-electron chi connectivity index (χ4n) is 6.82. The van der Waals surface area contributed by atoms with E-state index in [0.717, 1.165) is 33.6 Å². The van der Waals surface area contributed by atoms with Gasteiger partial charge in [-0.1, -0.05) is 56.3 Å². The van der Waals surface area contributed by atoms with Gasteiger partial charge in [0.15, 0.2) is 0 Å². The molecule has 6 nitrogen and oxygen atoms in total. The van der Waals surface area contributed by atoms with Crippen LogP contribution in [0.1, 0.15) is 46.6 Å². The number of carbonyl (C=O) groups excluding carboxylic acids is 2. The van der Waals surface area contributed by atoms with E-state index in [1.54, 1.807) is 4.90 Å². The number of likely N-dealkylation sites (tertiary alicyclic amines) is 1. The summed E-state index contributed by atoms with van der Waals surface area (Å²) in [7, 11) is 2.05. The highest BCUT2D eigenvalue weighted by molar-refractivity contribution is 6.14. The molecule has 1 spiro atoms. The maximum Gasteiger partial charge on any atom is 0.410 e. The Morgan fingerprint density at radius 3 is 2.48 bits per heavy atom. The molecule has 3 aromatic carbocycles. The smallest absolute Gasteiger partial charge is 0.410 e. The zero-order valence-corrected chi connectivity index (χ0v) is 24.1. The summed E-state index contributed by atoms with van der Waals surface area (Å²) in [6.45, 7) is 10.3. The van der Waals surface area contributed by atoms with Gasteiger partial charge in [0.1, 0.15) is 5.60 Å². The van der Waals surface area contributed by atoms with Crippen molar-refractivity contribution in [1.29, 1.82) is 0 Å². The maximum absolute atomic E-state index is 14.7. The Labute approximate surface area is 236 Å². The van der Waals surface area contributed by atoms with Crippen molar-refractivity contribution < 1.29 is 14.3 Å². The third-order valence-corrected chi connectivity index (χ3v) is 8.38. The lowest BCUT2D eigenvalue weighted by molar-refractivity contribution is -0.123. The van der Waals surface area contributed by atoms with Crippen LogP contribution in [0.5, 0.6) is 0 Å². The zero-order chi connectivity index (χ0) is 28.4. The largest absolute Gasteiger partial charge is 0.444 e. The number of ether oxygens (including phenoxy) is 1. The van der Waals surface area contributed by atoms with Gasteiger partial charge < -0.3 is 14.2 Å². The van der Waals surface area contributed by atoms with Gasteiger partial charge in [0, 0.05) is 31.0 Å². The highest BCUT2D eigenvalue weighted by Gasteiger charge is 2.62. The van der Waals surface area contributed by atoms with E-state index < -0.39 is 11.0 Å². The molecule has 40 heavy (non-hydrogen) atoms. The topological polar surface area (TPSA) is 54.8 Å². The first-order chi connectivity index (χ1) is 19.0. The SMILES string of the molecule is CC(C)[C@@H]1N(C(=O)OC(C)(C)C)CCC12C(=O)N(c1cccc(-c3ccc4ccn(C)c4c3)c1)c1ccccc12. The lowest BCUT2D eigenvalue weighted by Crippen LogP contribution is -2.53. The third-order valence-electron chi connectivity index (χ3n) is 8.38. The number of amides is 2. The summed E-state index contributed by atoms with van der Waals surface area (Å²) in [6.07, 6.45) is 2.27. The average Bonchev–Trinajstić information content (AvgIpc) is 3.57. The molecule has 0 aliphatic carbocycles. The van der Waals surface area contributed by atoms with Crippen molar-refractivity contribution in [3.8, 4) is 11.1 Å². The molecule has 1 fully saturated rings. The number of benzene rings is 3. The molecular weight excluding hydrogens is 498 g/mol. The minimum Gasteiger partial charge on any atom is -0.444 e. The Morgan fingerprint density at radius 2 is 1.73 bits per heavy atom. The van der Waals surface area contributed by atoms with E-state index in [9.17, 15) is 9.59 Å². The van der Waals surface area contributed by atoms with E-state index >= 15 is 0 Å². The fraction of sp³-hybridized carbons (Fsp3) is 0.353. The van der Waals surface area contributed by atoms with Gasteiger partial charge in [-0.25, -0.2) is 4.79 Å². The molecule has 1 aromatic heterocycles. The summed E-state index contributed by atoms with van der Waals surface area (Å²) in [6, 6.07) is 24.5. The number of para-hydroxylation sites is 1. The molecule has 2 amide bonds. The number of hydrogen-bond donors (Lipinski definition) is 0. The second-order valence-electron chi connectivity index (χ2n) is 12.5. The van der Waals surface area contributed by atoms with Gasteiger partial charge in [0.2, 0.25) is 5.91 Å². The standard InChI is InChI=1S/C34H37N3O3/c1-22(2)30-34(17-19-36(30)32(39)40-33(3,4)5)27-12-7-8-13-28(27)37(31(34)38)26-11-9-10-24(20-26)25-15-14-23-16-18-35(6)29(23)21-25/h7-16,18,20-22,30H,17,19H2,1-6H3/t30-,34?/m0/s1. The predicted octanol–water partition coefficient (Wildman–Crippen LogP) is 7.43. The average molecular weight is 536 g/mol. The molecule has 206 valence electrons. The quantitative estimate of drug-likeness (QED) is 0.274. The molecular formula is C34H37N3O3. The normalized spacial score (nSPS) is 20.7. The van der Waals surface area contributed by atoms with E-state index in [0.29, 0.717) is 13.0 Å². The van der Waals surface area contributed by atoms with Crippen LogP contribution in [-0.2, 0) is 22.0 Å². The van der Waals surface area contributed by atoms with Gasteiger partial charge in [0.05, 0.1) is 17.1 Å². The van der Waals surface area contributed by atoms with Crippen LogP contribution in [0.25, 0.3) is 22.0 Å². The van der Waals surface area contributed by atoms with Crippen molar-refractivity contribution in [2.75, 3.05) is 11.4 Å². The predicted molar refractivity (Wildman–Crippen MR) is 160 cm³/mol. The summed E-state index contributed by atoms with van der Waals surface area (Å²) in [5.41, 5.74) is 4.58. The van der Waals surface area contributed by atoms with Crippen LogP contribution >= 0.6 is 0 Å². The molecule has 2 atom stereocenters. The van der Waals surface area contributed by atoms with Gasteiger partial charge >= 0.3 is 6.09 Å². The number of nitrogens with zero attached hydrogens (tertiary/aromatic N) is 3. The highest BCUT2D eigenvalue weighted by atomic mass is 16.6. The molecule has 2 aliphatic rings. The fourth-order valence-corrected chi connectivity index (χ4v) is 6.82. The second-order valence-corrected chi connectivity index (χ2v) is 12.5. The molecule has 0 saturated carbocycles. The Balaban J connectivity index is 1.43.